The molecule has 10 nitrogen and oxygen atoms in total. The van der Waals surface area contributed by atoms with Gasteiger partial charge in [0.2, 0.25) is 10.0 Å². The van der Waals surface area contributed by atoms with Crippen LogP contribution in [0.4, 0.5) is 22.5 Å². The van der Waals surface area contributed by atoms with Crippen molar-refractivity contribution in [2.75, 3.05) is 56.1 Å². The Balaban J connectivity index is 1.47. The van der Waals surface area contributed by atoms with Crippen molar-refractivity contribution in [2.24, 2.45) is 0 Å². The Labute approximate surface area is 249 Å². The highest BCUT2D eigenvalue weighted by Crippen LogP contribution is 2.38. The summed E-state index contributed by atoms with van der Waals surface area (Å²) < 4.78 is 28.1. The number of benzene rings is 2. The lowest BCUT2D eigenvalue weighted by atomic mass is 10.0. The first-order valence-corrected chi connectivity index (χ1v) is 16.0. The number of rotatable bonds is 8. The molecule has 4 aromatic rings. The van der Waals surface area contributed by atoms with Crippen LogP contribution in [0.5, 0.6) is 0 Å². The van der Waals surface area contributed by atoms with Crippen molar-refractivity contribution < 1.29 is 8.42 Å². The van der Waals surface area contributed by atoms with E-state index in [-0.39, 0.29) is 16.5 Å². The van der Waals surface area contributed by atoms with Crippen LogP contribution in [0.3, 0.4) is 0 Å². The van der Waals surface area contributed by atoms with Crippen LogP contribution in [0.25, 0.3) is 22.6 Å². The number of hydrogen-bond donors (Lipinski definition) is 2. The Bertz CT molecular complexity index is 1650. The highest BCUT2D eigenvalue weighted by Gasteiger charge is 2.28. The van der Waals surface area contributed by atoms with Crippen LogP contribution in [0, 0.1) is 6.92 Å². The quantitative estimate of drug-likeness (QED) is 0.285. The lowest BCUT2D eigenvalue weighted by molar-refractivity contribution is 0.222. The fraction of sp³-hybridized carbons (Fsp3) is 0.321. The van der Waals surface area contributed by atoms with Gasteiger partial charge in [0.05, 0.1) is 4.90 Å². The number of halogens is 1. The van der Waals surface area contributed by atoms with E-state index in [4.69, 9.17) is 28.1 Å². The van der Waals surface area contributed by atoms with E-state index in [9.17, 15) is 8.42 Å². The lowest BCUT2D eigenvalue weighted by Crippen LogP contribution is -2.47. The molecule has 2 aromatic carbocycles. The molecule has 216 valence electrons. The molecule has 0 aliphatic carbocycles. The summed E-state index contributed by atoms with van der Waals surface area (Å²) in [6.07, 6.45) is 0.889. The second-order valence-electron chi connectivity index (χ2n) is 10.1. The lowest BCUT2D eigenvalue weighted by Gasteiger charge is -2.31. The maximum Gasteiger partial charge on any atom is 0.243 e. The van der Waals surface area contributed by atoms with Gasteiger partial charge in [-0.05, 0) is 49.7 Å². The molecule has 1 fully saturated rings. The summed E-state index contributed by atoms with van der Waals surface area (Å²) in [7, 11) is -1.63. The summed E-state index contributed by atoms with van der Waals surface area (Å²) in [6, 6.07) is 12.6. The molecule has 4 N–H and O–H groups in total. The number of likely N-dealkylation sites (N-methyl/N-ethyl adjacent to an activating group) is 1. The van der Waals surface area contributed by atoms with Gasteiger partial charge in [0.25, 0.3) is 0 Å². The van der Waals surface area contributed by atoms with Crippen molar-refractivity contribution >= 4 is 55.4 Å². The maximum absolute atomic E-state index is 13.3. The number of aromatic nitrogens is 3. The summed E-state index contributed by atoms with van der Waals surface area (Å²) >= 11 is 8.21. The Morgan fingerprint density at radius 1 is 1.00 bits per heavy atom. The third kappa shape index (κ3) is 6.16. The van der Waals surface area contributed by atoms with Crippen LogP contribution >= 0.6 is 22.9 Å². The minimum absolute atomic E-state index is 0.204. The number of hydrogen-bond acceptors (Lipinski definition) is 10. The SMILES string of the molecule is CCCN(c1nc(-c2nc(N)cc(N)n2)cs1)c1cc(-c2ccc(S(=O)(=O)N3CCN(C)CC3)cc2Cl)ccc1C. The third-order valence-corrected chi connectivity index (χ3v) is 10.1. The number of sulfonamides is 1. The van der Waals surface area contributed by atoms with Gasteiger partial charge in [0, 0.05) is 60.4 Å². The van der Waals surface area contributed by atoms with E-state index < -0.39 is 10.0 Å². The minimum Gasteiger partial charge on any atom is -0.384 e. The standard InChI is InChI=1S/C28H33ClN8O2S2/c1-4-9-37(28-32-23(17-40-28)27-33-25(30)16-26(31)34-27)24-14-19(6-5-18(24)2)21-8-7-20(15-22(21)29)41(38,39)36-12-10-35(3)11-13-36/h5-8,14-17H,4,9-13H2,1-3H3,(H4,30,31,33,34). The van der Waals surface area contributed by atoms with Crippen LogP contribution in [0.2, 0.25) is 5.02 Å². The van der Waals surface area contributed by atoms with Crippen molar-refractivity contribution in [3.63, 3.8) is 0 Å². The second-order valence-corrected chi connectivity index (χ2v) is 13.2. The van der Waals surface area contributed by atoms with Crippen molar-refractivity contribution in [3.05, 3.63) is 58.4 Å². The summed E-state index contributed by atoms with van der Waals surface area (Å²) in [5.41, 5.74) is 16.0. The van der Waals surface area contributed by atoms with E-state index in [1.165, 1.54) is 21.7 Å². The zero-order chi connectivity index (χ0) is 29.3. The first kappa shape index (κ1) is 29.2. The maximum atomic E-state index is 13.3. The van der Waals surface area contributed by atoms with E-state index in [0.29, 0.717) is 42.7 Å². The van der Waals surface area contributed by atoms with Crippen LogP contribution in [-0.2, 0) is 10.0 Å². The molecule has 41 heavy (non-hydrogen) atoms. The highest BCUT2D eigenvalue weighted by molar-refractivity contribution is 7.89. The molecule has 0 radical (unpaired) electrons. The van der Waals surface area contributed by atoms with Crippen molar-refractivity contribution in [3.8, 4) is 22.6 Å². The Morgan fingerprint density at radius 2 is 1.71 bits per heavy atom. The topological polar surface area (TPSA) is 135 Å². The average Bonchev–Trinajstić information content (AvgIpc) is 3.42. The number of nitrogens with zero attached hydrogens (tertiary/aromatic N) is 6. The van der Waals surface area contributed by atoms with Crippen molar-refractivity contribution in [1.29, 1.82) is 0 Å². The highest BCUT2D eigenvalue weighted by atomic mass is 35.5. The molecule has 13 heteroatoms. The zero-order valence-corrected chi connectivity index (χ0v) is 25.6. The Morgan fingerprint density at radius 3 is 2.37 bits per heavy atom. The molecule has 0 spiro atoms. The normalized spacial score (nSPS) is 14.8. The summed E-state index contributed by atoms with van der Waals surface area (Å²) in [5, 5.41) is 3.05. The molecule has 0 atom stereocenters. The molecule has 1 aliphatic heterocycles. The largest absolute Gasteiger partial charge is 0.384 e. The Hall–Kier alpha value is -3.29. The molecule has 1 aliphatic rings. The first-order valence-electron chi connectivity index (χ1n) is 13.3. The van der Waals surface area contributed by atoms with E-state index in [1.54, 1.807) is 18.2 Å². The van der Waals surface area contributed by atoms with Gasteiger partial charge in [-0.25, -0.2) is 23.4 Å². The fourth-order valence-electron chi connectivity index (χ4n) is 4.77. The van der Waals surface area contributed by atoms with Crippen molar-refractivity contribution in [1.82, 2.24) is 24.2 Å². The molecular weight excluding hydrogens is 580 g/mol. The molecular formula is C28H33ClN8O2S2. The van der Waals surface area contributed by atoms with Gasteiger partial charge >= 0.3 is 0 Å². The fourth-order valence-corrected chi connectivity index (χ4v) is 7.42. The van der Waals surface area contributed by atoms with E-state index in [1.807, 2.05) is 31.5 Å². The molecule has 0 unspecified atom stereocenters. The molecule has 5 rings (SSSR count). The number of piperazine rings is 1. The average molecular weight is 613 g/mol. The van der Waals surface area contributed by atoms with Gasteiger partial charge in [-0.3, -0.25) is 0 Å². The summed E-state index contributed by atoms with van der Waals surface area (Å²) in [5.74, 6) is 0.954. The predicted octanol–water partition coefficient (Wildman–Crippen LogP) is 4.88. The molecule has 1 saturated heterocycles. The van der Waals surface area contributed by atoms with Crippen LogP contribution < -0.4 is 16.4 Å². The van der Waals surface area contributed by atoms with Gasteiger partial charge in [-0.15, -0.1) is 11.3 Å². The number of nitrogen functional groups attached to an aromatic ring is 2. The Kier molecular flexibility index (Phi) is 8.48. The van der Waals surface area contributed by atoms with Gasteiger partial charge in [-0.1, -0.05) is 36.7 Å². The summed E-state index contributed by atoms with van der Waals surface area (Å²) in [4.78, 5) is 17.9. The van der Waals surface area contributed by atoms with E-state index in [2.05, 4.69) is 32.8 Å². The first-order chi connectivity index (χ1) is 19.6. The molecule has 0 bridgehead atoms. The zero-order valence-electron chi connectivity index (χ0n) is 23.2. The van der Waals surface area contributed by atoms with Gasteiger partial charge in [0.1, 0.15) is 17.3 Å². The molecule has 2 aromatic heterocycles. The van der Waals surface area contributed by atoms with Crippen LogP contribution in [0.15, 0.2) is 52.7 Å². The third-order valence-electron chi connectivity index (χ3n) is 7.02. The smallest absolute Gasteiger partial charge is 0.243 e. The molecule has 0 amide bonds. The van der Waals surface area contributed by atoms with E-state index in [0.717, 1.165) is 40.5 Å². The number of aryl methyl sites for hydroxylation is 1. The van der Waals surface area contributed by atoms with Crippen LogP contribution in [-0.4, -0.2) is 72.3 Å². The second kappa shape index (κ2) is 11.9. The minimum atomic E-state index is -3.62. The van der Waals surface area contributed by atoms with Gasteiger partial charge < -0.3 is 21.3 Å². The molecule has 0 saturated carbocycles. The number of thiazole rings is 1. The number of anilines is 4. The van der Waals surface area contributed by atoms with Crippen LogP contribution in [0.1, 0.15) is 18.9 Å². The van der Waals surface area contributed by atoms with E-state index >= 15 is 0 Å². The van der Waals surface area contributed by atoms with Crippen molar-refractivity contribution in [2.45, 2.75) is 25.2 Å². The monoisotopic (exact) mass is 612 g/mol. The number of nitrogens with two attached hydrogens (primary N) is 2. The molecule has 3 heterocycles. The van der Waals surface area contributed by atoms with Gasteiger partial charge in [0.15, 0.2) is 11.0 Å². The predicted molar refractivity (Wildman–Crippen MR) is 167 cm³/mol. The summed E-state index contributed by atoms with van der Waals surface area (Å²) in [6.45, 7) is 7.21. The van der Waals surface area contributed by atoms with Gasteiger partial charge in [-0.2, -0.15) is 4.31 Å².